The van der Waals surface area contributed by atoms with Crippen molar-refractivity contribution in [1.29, 1.82) is 0 Å². The summed E-state index contributed by atoms with van der Waals surface area (Å²) in [5.74, 6) is 0.722. The van der Waals surface area contributed by atoms with Crippen LogP contribution in [0.25, 0.3) is 11.1 Å². The lowest BCUT2D eigenvalue weighted by Gasteiger charge is -2.16. The topological polar surface area (TPSA) is 58.5 Å². The van der Waals surface area contributed by atoms with Crippen molar-refractivity contribution in [1.82, 2.24) is 14.8 Å². The smallest absolute Gasteiger partial charge is 0.209 e. The van der Waals surface area contributed by atoms with E-state index in [9.17, 15) is 0 Å². The number of oxazole rings is 1. The van der Waals surface area contributed by atoms with Crippen LogP contribution in [0.15, 0.2) is 22.6 Å². The van der Waals surface area contributed by atoms with E-state index in [4.69, 9.17) is 10.2 Å². The van der Waals surface area contributed by atoms with E-state index in [2.05, 4.69) is 35.9 Å². The summed E-state index contributed by atoms with van der Waals surface area (Å²) in [4.78, 5) is 8.85. The fourth-order valence-corrected chi connectivity index (χ4v) is 2.05. The van der Waals surface area contributed by atoms with E-state index in [1.165, 1.54) is 0 Å². The summed E-state index contributed by atoms with van der Waals surface area (Å²) in [5.41, 5.74) is 8.07. The van der Waals surface area contributed by atoms with Gasteiger partial charge in [-0.2, -0.15) is 0 Å². The van der Waals surface area contributed by atoms with Crippen molar-refractivity contribution in [3.63, 3.8) is 0 Å². The number of benzene rings is 1. The average molecular weight is 262 g/mol. The van der Waals surface area contributed by atoms with Gasteiger partial charge in [-0.1, -0.05) is 6.07 Å². The summed E-state index contributed by atoms with van der Waals surface area (Å²) < 4.78 is 5.70. The number of aromatic nitrogens is 1. The quantitative estimate of drug-likeness (QED) is 0.804. The van der Waals surface area contributed by atoms with Gasteiger partial charge in [0.15, 0.2) is 5.58 Å². The van der Waals surface area contributed by atoms with E-state index in [0.717, 1.165) is 36.5 Å². The molecule has 0 atom stereocenters. The molecule has 5 nitrogen and oxygen atoms in total. The Morgan fingerprint density at radius 2 is 2.00 bits per heavy atom. The summed E-state index contributed by atoms with van der Waals surface area (Å²) in [6.07, 6.45) is 1.13. The number of hydrogen-bond acceptors (Lipinski definition) is 5. The van der Waals surface area contributed by atoms with Crippen molar-refractivity contribution in [2.75, 3.05) is 40.0 Å². The number of fused-ring (bicyclic) bond motifs is 1. The van der Waals surface area contributed by atoms with Crippen LogP contribution in [-0.2, 0) is 6.54 Å². The highest BCUT2D eigenvalue weighted by Crippen LogP contribution is 2.21. The summed E-state index contributed by atoms with van der Waals surface area (Å²) in [7, 11) is 6.25. The monoisotopic (exact) mass is 262 g/mol. The van der Waals surface area contributed by atoms with Crippen LogP contribution < -0.4 is 5.73 Å². The number of nitrogens with zero attached hydrogens (tertiary/aromatic N) is 3. The maximum absolute atomic E-state index is 5.87. The zero-order valence-corrected chi connectivity index (χ0v) is 11.9. The highest BCUT2D eigenvalue weighted by Gasteiger charge is 2.10. The van der Waals surface area contributed by atoms with Crippen LogP contribution in [0.2, 0.25) is 0 Å². The van der Waals surface area contributed by atoms with Crippen LogP contribution in [0.5, 0.6) is 0 Å². The maximum Gasteiger partial charge on any atom is 0.209 e. The molecule has 5 heteroatoms. The lowest BCUT2D eigenvalue weighted by molar-refractivity contribution is 0.271. The Bertz CT molecular complexity index is 535. The lowest BCUT2D eigenvalue weighted by Crippen LogP contribution is -2.23. The molecule has 0 bridgehead atoms. The molecule has 1 aromatic heterocycles. The van der Waals surface area contributed by atoms with Crippen molar-refractivity contribution in [3.05, 3.63) is 24.1 Å². The van der Waals surface area contributed by atoms with Crippen LogP contribution in [-0.4, -0.2) is 49.0 Å². The Morgan fingerprint density at radius 3 is 2.68 bits per heavy atom. The second-order valence-corrected chi connectivity index (χ2v) is 5.20. The molecule has 2 N–H and O–H groups in total. The van der Waals surface area contributed by atoms with E-state index in [1.54, 1.807) is 0 Å². The Balaban J connectivity index is 1.95. The molecular formula is C14H22N4O. The normalized spacial score (nSPS) is 11.8. The van der Waals surface area contributed by atoms with Crippen molar-refractivity contribution in [2.24, 2.45) is 0 Å². The zero-order chi connectivity index (χ0) is 13.8. The molecule has 0 saturated heterocycles. The molecule has 19 heavy (non-hydrogen) atoms. The van der Waals surface area contributed by atoms with Gasteiger partial charge in [0.2, 0.25) is 5.89 Å². The van der Waals surface area contributed by atoms with Gasteiger partial charge >= 0.3 is 0 Å². The molecule has 0 spiro atoms. The van der Waals surface area contributed by atoms with Gasteiger partial charge in [0.05, 0.1) is 12.2 Å². The molecule has 0 aliphatic heterocycles. The number of nitrogen functional groups attached to an aromatic ring is 1. The van der Waals surface area contributed by atoms with Gasteiger partial charge in [0.25, 0.3) is 0 Å². The summed E-state index contributed by atoms with van der Waals surface area (Å²) >= 11 is 0. The minimum Gasteiger partial charge on any atom is -0.439 e. The Morgan fingerprint density at radius 1 is 1.21 bits per heavy atom. The third-order valence-corrected chi connectivity index (χ3v) is 3.04. The van der Waals surface area contributed by atoms with Gasteiger partial charge in [-0.25, -0.2) is 4.98 Å². The van der Waals surface area contributed by atoms with Gasteiger partial charge in [-0.05, 0) is 52.8 Å². The Kier molecular flexibility index (Phi) is 4.39. The van der Waals surface area contributed by atoms with Crippen LogP contribution in [0.4, 0.5) is 5.69 Å². The molecule has 1 aromatic carbocycles. The number of nitrogens with two attached hydrogens (primary N) is 1. The van der Waals surface area contributed by atoms with Gasteiger partial charge in [-0.3, -0.25) is 4.90 Å². The molecule has 1 heterocycles. The maximum atomic E-state index is 5.87. The molecular weight excluding hydrogens is 240 g/mol. The largest absolute Gasteiger partial charge is 0.439 e. The second kappa shape index (κ2) is 6.04. The number of hydrogen-bond donors (Lipinski definition) is 1. The first-order valence-corrected chi connectivity index (χ1v) is 6.53. The van der Waals surface area contributed by atoms with Crippen LogP contribution in [0, 0.1) is 0 Å². The summed E-state index contributed by atoms with van der Waals surface area (Å²) in [6.45, 7) is 2.82. The predicted octanol–water partition coefficient (Wildman–Crippen LogP) is 1.79. The molecule has 104 valence electrons. The van der Waals surface area contributed by atoms with E-state index in [1.807, 2.05) is 18.2 Å². The van der Waals surface area contributed by atoms with Crippen molar-refractivity contribution in [2.45, 2.75) is 13.0 Å². The molecule has 2 rings (SSSR count). The molecule has 0 aliphatic carbocycles. The summed E-state index contributed by atoms with van der Waals surface area (Å²) in [5, 5.41) is 0. The third kappa shape index (κ3) is 3.68. The first-order valence-electron chi connectivity index (χ1n) is 6.53. The van der Waals surface area contributed by atoms with Crippen LogP contribution in [0.1, 0.15) is 12.3 Å². The SMILES string of the molecule is CN(C)CCCN(C)Cc1nc2c(N)cccc2o1. The van der Waals surface area contributed by atoms with Gasteiger partial charge < -0.3 is 15.1 Å². The molecule has 0 aliphatic rings. The summed E-state index contributed by atoms with van der Waals surface area (Å²) in [6, 6.07) is 5.62. The molecule has 0 radical (unpaired) electrons. The van der Waals surface area contributed by atoms with Crippen LogP contribution >= 0.6 is 0 Å². The van der Waals surface area contributed by atoms with Gasteiger partial charge in [-0.15, -0.1) is 0 Å². The van der Waals surface area contributed by atoms with Crippen LogP contribution in [0.3, 0.4) is 0 Å². The first kappa shape index (κ1) is 13.8. The standard InChI is InChI=1S/C14H22N4O/c1-17(2)8-5-9-18(3)10-13-16-14-11(15)6-4-7-12(14)19-13/h4,6-7H,5,8-10,15H2,1-3H3. The Labute approximate surface area is 114 Å². The second-order valence-electron chi connectivity index (χ2n) is 5.20. The molecule has 0 unspecified atom stereocenters. The van der Waals surface area contributed by atoms with Crippen molar-refractivity contribution < 1.29 is 4.42 Å². The average Bonchev–Trinajstić information content (AvgIpc) is 2.72. The number of rotatable bonds is 6. The zero-order valence-electron chi connectivity index (χ0n) is 11.9. The van der Waals surface area contributed by atoms with Gasteiger partial charge in [0.1, 0.15) is 5.52 Å². The Hall–Kier alpha value is -1.59. The minimum absolute atomic E-state index is 0.669. The van der Waals surface area contributed by atoms with E-state index < -0.39 is 0 Å². The van der Waals surface area contributed by atoms with E-state index in [0.29, 0.717) is 12.2 Å². The minimum atomic E-state index is 0.669. The number of para-hydroxylation sites is 1. The lowest BCUT2D eigenvalue weighted by atomic mass is 10.3. The van der Waals surface area contributed by atoms with Crippen molar-refractivity contribution >= 4 is 16.8 Å². The molecule has 0 amide bonds. The molecule has 2 aromatic rings. The van der Waals surface area contributed by atoms with Gasteiger partial charge in [0, 0.05) is 0 Å². The fraction of sp³-hybridized carbons (Fsp3) is 0.500. The van der Waals surface area contributed by atoms with E-state index >= 15 is 0 Å². The predicted molar refractivity (Wildman–Crippen MR) is 77.9 cm³/mol. The van der Waals surface area contributed by atoms with E-state index in [-0.39, 0.29) is 0 Å². The molecule has 0 saturated carbocycles. The highest BCUT2D eigenvalue weighted by atomic mass is 16.3. The third-order valence-electron chi connectivity index (χ3n) is 3.04. The fourth-order valence-electron chi connectivity index (χ4n) is 2.05. The van der Waals surface area contributed by atoms with Crippen molar-refractivity contribution in [3.8, 4) is 0 Å². The number of anilines is 1. The molecule has 0 fully saturated rings. The highest BCUT2D eigenvalue weighted by molar-refractivity contribution is 5.85. The first-order chi connectivity index (χ1) is 9.06.